The number of carboxylic acids is 1. The number of aromatic nitrogens is 1. The zero-order valence-corrected chi connectivity index (χ0v) is 13.5. The number of methoxy groups -OCH3 is 1. The molecule has 23 heavy (non-hydrogen) atoms. The summed E-state index contributed by atoms with van der Waals surface area (Å²) in [5, 5.41) is 9.73. The standard InChI is InChI=1S/C16H23N3O4/c1-22-7-4-18-3-2-13-12(11-18)10-17-15(14(13)16(20)21)19-5-8-23-9-6-19/h10H,2-9,11H2,1H3,(H,20,21). The molecule has 7 nitrogen and oxygen atoms in total. The normalized spacial score (nSPS) is 18.7. The number of fused-ring (bicyclic) bond motifs is 1. The van der Waals surface area contributed by atoms with Crippen LogP contribution in [0.25, 0.3) is 0 Å². The van der Waals surface area contributed by atoms with E-state index in [-0.39, 0.29) is 0 Å². The lowest BCUT2D eigenvalue weighted by molar-refractivity contribution is 0.0693. The topological polar surface area (TPSA) is 75.1 Å². The number of nitrogens with zero attached hydrogens (tertiary/aromatic N) is 3. The number of ether oxygens (including phenoxy) is 2. The maximum Gasteiger partial charge on any atom is 0.339 e. The van der Waals surface area contributed by atoms with Crippen LogP contribution in [-0.2, 0) is 22.4 Å². The van der Waals surface area contributed by atoms with Crippen molar-refractivity contribution >= 4 is 11.8 Å². The Hall–Kier alpha value is -1.70. The van der Waals surface area contributed by atoms with Crippen molar-refractivity contribution < 1.29 is 19.4 Å². The molecule has 2 aliphatic rings. The summed E-state index contributed by atoms with van der Waals surface area (Å²) in [5.74, 6) is -0.300. The van der Waals surface area contributed by atoms with E-state index in [9.17, 15) is 9.90 Å². The molecular formula is C16H23N3O4. The third-order valence-electron chi connectivity index (χ3n) is 4.46. The lowest BCUT2D eigenvalue weighted by Gasteiger charge is -2.33. The highest BCUT2D eigenvalue weighted by molar-refractivity contribution is 5.95. The SMILES string of the molecule is COCCN1CCc2c(cnc(N3CCOCC3)c2C(=O)O)C1. The second-order valence-electron chi connectivity index (χ2n) is 5.88. The van der Waals surface area contributed by atoms with Crippen LogP contribution in [0.2, 0.25) is 0 Å². The summed E-state index contributed by atoms with van der Waals surface area (Å²) in [5.41, 5.74) is 2.32. The van der Waals surface area contributed by atoms with Crippen molar-refractivity contribution in [2.75, 3.05) is 58.0 Å². The first kappa shape index (κ1) is 16.2. The fourth-order valence-corrected chi connectivity index (χ4v) is 3.24. The van der Waals surface area contributed by atoms with Crippen molar-refractivity contribution in [1.82, 2.24) is 9.88 Å². The van der Waals surface area contributed by atoms with E-state index < -0.39 is 5.97 Å². The van der Waals surface area contributed by atoms with Crippen LogP contribution in [0.5, 0.6) is 0 Å². The largest absolute Gasteiger partial charge is 0.478 e. The molecule has 1 N–H and O–H groups in total. The Labute approximate surface area is 135 Å². The van der Waals surface area contributed by atoms with Gasteiger partial charge in [0.15, 0.2) is 0 Å². The Morgan fingerprint density at radius 2 is 2.17 bits per heavy atom. The maximum absolute atomic E-state index is 11.9. The van der Waals surface area contributed by atoms with Gasteiger partial charge in [-0.15, -0.1) is 0 Å². The van der Waals surface area contributed by atoms with Crippen molar-refractivity contribution in [3.05, 3.63) is 22.9 Å². The fraction of sp³-hybridized carbons (Fsp3) is 0.625. The van der Waals surface area contributed by atoms with Crippen LogP contribution in [0.15, 0.2) is 6.20 Å². The van der Waals surface area contributed by atoms with Crippen LogP contribution in [0, 0.1) is 0 Å². The molecule has 2 aliphatic heterocycles. The smallest absolute Gasteiger partial charge is 0.339 e. The number of carbonyl (C=O) groups is 1. The molecule has 0 radical (unpaired) electrons. The highest BCUT2D eigenvalue weighted by Gasteiger charge is 2.28. The quantitative estimate of drug-likeness (QED) is 0.852. The van der Waals surface area contributed by atoms with E-state index in [1.807, 2.05) is 11.1 Å². The van der Waals surface area contributed by atoms with Gasteiger partial charge in [0.1, 0.15) is 11.4 Å². The fourth-order valence-electron chi connectivity index (χ4n) is 3.24. The minimum Gasteiger partial charge on any atom is -0.478 e. The summed E-state index contributed by atoms with van der Waals surface area (Å²) < 4.78 is 10.5. The van der Waals surface area contributed by atoms with Crippen LogP contribution in [-0.4, -0.2) is 74.1 Å². The molecule has 0 atom stereocenters. The number of aromatic carboxylic acids is 1. The molecule has 126 valence electrons. The number of hydrogen-bond donors (Lipinski definition) is 1. The minimum absolute atomic E-state index is 0.371. The number of anilines is 1. The summed E-state index contributed by atoms with van der Waals surface area (Å²) in [7, 11) is 1.69. The van der Waals surface area contributed by atoms with Crippen molar-refractivity contribution in [1.29, 1.82) is 0 Å². The van der Waals surface area contributed by atoms with Gasteiger partial charge in [-0.05, 0) is 17.5 Å². The second kappa shape index (κ2) is 7.25. The molecule has 1 saturated heterocycles. The van der Waals surface area contributed by atoms with Gasteiger partial charge in [0.05, 0.1) is 19.8 Å². The minimum atomic E-state index is -0.888. The number of rotatable bonds is 5. The van der Waals surface area contributed by atoms with Crippen molar-refractivity contribution in [2.45, 2.75) is 13.0 Å². The zero-order chi connectivity index (χ0) is 16.2. The van der Waals surface area contributed by atoms with Crippen molar-refractivity contribution in [3.8, 4) is 0 Å². The zero-order valence-electron chi connectivity index (χ0n) is 13.5. The Balaban J connectivity index is 1.88. The molecule has 0 unspecified atom stereocenters. The van der Waals surface area contributed by atoms with E-state index in [4.69, 9.17) is 9.47 Å². The number of hydrogen-bond acceptors (Lipinski definition) is 6. The Morgan fingerprint density at radius 1 is 1.39 bits per heavy atom. The van der Waals surface area contributed by atoms with Crippen LogP contribution in [0.4, 0.5) is 5.82 Å². The van der Waals surface area contributed by atoms with Gasteiger partial charge < -0.3 is 19.5 Å². The Morgan fingerprint density at radius 3 is 2.87 bits per heavy atom. The lowest BCUT2D eigenvalue weighted by atomic mass is 9.96. The summed E-state index contributed by atoms with van der Waals surface area (Å²) in [4.78, 5) is 20.6. The van der Waals surface area contributed by atoms with Gasteiger partial charge in [-0.1, -0.05) is 0 Å². The van der Waals surface area contributed by atoms with Gasteiger partial charge >= 0.3 is 5.97 Å². The molecule has 3 heterocycles. The van der Waals surface area contributed by atoms with Gasteiger partial charge in [0.25, 0.3) is 0 Å². The van der Waals surface area contributed by atoms with E-state index in [2.05, 4.69) is 9.88 Å². The summed E-state index contributed by atoms with van der Waals surface area (Å²) >= 11 is 0. The van der Waals surface area contributed by atoms with E-state index in [1.54, 1.807) is 7.11 Å². The van der Waals surface area contributed by atoms with E-state index >= 15 is 0 Å². The molecule has 1 fully saturated rings. The van der Waals surface area contributed by atoms with Gasteiger partial charge in [-0.2, -0.15) is 0 Å². The van der Waals surface area contributed by atoms with Gasteiger partial charge in [0.2, 0.25) is 0 Å². The first-order valence-corrected chi connectivity index (χ1v) is 7.98. The monoisotopic (exact) mass is 321 g/mol. The van der Waals surface area contributed by atoms with Crippen molar-refractivity contribution in [2.24, 2.45) is 0 Å². The van der Waals surface area contributed by atoms with Crippen LogP contribution >= 0.6 is 0 Å². The number of pyridine rings is 1. The molecule has 0 bridgehead atoms. The first-order valence-electron chi connectivity index (χ1n) is 7.98. The van der Waals surface area contributed by atoms with Crippen LogP contribution in [0.3, 0.4) is 0 Å². The third kappa shape index (κ3) is 3.46. The number of morpholine rings is 1. The summed E-state index contributed by atoms with van der Waals surface area (Å²) in [6.07, 6.45) is 2.58. The second-order valence-corrected chi connectivity index (χ2v) is 5.88. The van der Waals surface area contributed by atoms with Crippen molar-refractivity contribution in [3.63, 3.8) is 0 Å². The molecule has 7 heteroatoms. The third-order valence-corrected chi connectivity index (χ3v) is 4.46. The summed E-state index contributed by atoms with van der Waals surface area (Å²) in [6.45, 7) is 5.71. The highest BCUT2D eigenvalue weighted by atomic mass is 16.5. The molecule has 0 aliphatic carbocycles. The predicted octanol–water partition coefficient (Wildman–Crippen LogP) is 0.621. The van der Waals surface area contributed by atoms with E-state index in [0.717, 1.165) is 37.2 Å². The van der Waals surface area contributed by atoms with E-state index in [0.29, 0.717) is 44.3 Å². The Kier molecular flexibility index (Phi) is 5.09. The highest BCUT2D eigenvalue weighted by Crippen LogP contribution is 2.29. The Bertz CT molecular complexity index is 573. The number of carboxylic acid groups (broad SMARTS) is 1. The van der Waals surface area contributed by atoms with Gasteiger partial charge in [-0.3, -0.25) is 4.90 Å². The maximum atomic E-state index is 11.9. The van der Waals surface area contributed by atoms with Crippen LogP contribution < -0.4 is 4.90 Å². The molecule has 0 spiro atoms. The molecule has 3 rings (SSSR count). The van der Waals surface area contributed by atoms with Crippen LogP contribution in [0.1, 0.15) is 21.5 Å². The molecule has 0 amide bonds. The van der Waals surface area contributed by atoms with Gasteiger partial charge in [-0.25, -0.2) is 9.78 Å². The first-order chi connectivity index (χ1) is 11.2. The summed E-state index contributed by atoms with van der Waals surface area (Å²) in [6, 6.07) is 0. The van der Waals surface area contributed by atoms with E-state index in [1.165, 1.54) is 0 Å². The molecule has 1 aromatic heterocycles. The predicted molar refractivity (Wildman–Crippen MR) is 85.1 cm³/mol. The average molecular weight is 321 g/mol. The van der Waals surface area contributed by atoms with Gasteiger partial charge in [0, 0.05) is 46.0 Å². The molecule has 0 aromatic carbocycles. The molecular weight excluding hydrogens is 298 g/mol. The molecule has 1 aromatic rings. The average Bonchev–Trinajstić information content (AvgIpc) is 2.59. The molecule has 0 saturated carbocycles. The lowest BCUT2D eigenvalue weighted by Crippen LogP contribution is -2.39.